The highest BCUT2D eigenvalue weighted by Gasteiger charge is 2.04. The van der Waals surface area contributed by atoms with Gasteiger partial charge in [-0.05, 0) is 45.3 Å². The first-order valence-corrected chi connectivity index (χ1v) is 8.25. The summed E-state index contributed by atoms with van der Waals surface area (Å²) in [7, 11) is 0. The van der Waals surface area contributed by atoms with Crippen LogP contribution in [0.1, 0.15) is 57.7 Å². The highest BCUT2D eigenvalue weighted by Crippen LogP contribution is 2.01. The Kier molecular flexibility index (Phi) is 10.0. The average molecular weight is 297 g/mol. The van der Waals surface area contributed by atoms with Gasteiger partial charge in [0.1, 0.15) is 0 Å². The molecule has 0 aliphatic carbocycles. The first-order valence-electron chi connectivity index (χ1n) is 8.25. The monoisotopic (exact) mass is 297 g/mol. The Morgan fingerprint density at radius 1 is 1.19 bits per heavy atom. The van der Waals surface area contributed by atoms with E-state index in [4.69, 9.17) is 10.3 Å². The van der Waals surface area contributed by atoms with E-state index in [9.17, 15) is 0 Å². The summed E-state index contributed by atoms with van der Waals surface area (Å²) in [4.78, 5) is 4.18. The van der Waals surface area contributed by atoms with E-state index in [0.29, 0.717) is 24.3 Å². The van der Waals surface area contributed by atoms with Gasteiger partial charge in [-0.1, -0.05) is 25.4 Å². The lowest BCUT2D eigenvalue weighted by molar-refractivity contribution is 0.369. The van der Waals surface area contributed by atoms with E-state index >= 15 is 0 Å². The van der Waals surface area contributed by atoms with Gasteiger partial charge in [0.2, 0.25) is 5.89 Å². The Morgan fingerprint density at radius 3 is 2.67 bits per heavy atom. The molecule has 0 spiro atoms. The van der Waals surface area contributed by atoms with E-state index in [1.54, 1.807) is 0 Å². The average Bonchev–Trinajstić information content (AvgIpc) is 2.96. The minimum absolute atomic E-state index is 0.339. The van der Waals surface area contributed by atoms with Gasteiger partial charge in [-0.25, -0.2) is 0 Å². The van der Waals surface area contributed by atoms with Crippen molar-refractivity contribution in [3.8, 4) is 0 Å². The molecule has 0 aliphatic heterocycles. The van der Waals surface area contributed by atoms with Crippen LogP contribution in [0.5, 0.6) is 0 Å². The van der Waals surface area contributed by atoms with Gasteiger partial charge >= 0.3 is 0 Å². The lowest BCUT2D eigenvalue weighted by Crippen LogP contribution is -2.31. The Labute approximate surface area is 128 Å². The number of hydrogen-bond acceptors (Lipinski definition) is 6. The zero-order valence-corrected chi connectivity index (χ0v) is 13.5. The maximum absolute atomic E-state index is 5.43. The first kappa shape index (κ1) is 18.1. The molecule has 0 amide bonds. The van der Waals surface area contributed by atoms with Gasteiger partial charge in [0.25, 0.3) is 0 Å². The molecule has 1 rings (SSSR count). The molecular formula is C15H31N5O. The van der Waals surface area contributed by atoms with Crippen LogP contribution in [0, 0.1) is 0 Å². The van der Waals surface area contributed by atoms with E-state index in [0.717, 1.165) is 38.9 Å². The van der Waals surface area contributed by atoms with Crippen molar-refractivity contribution in [2.45, 2.75) is 65.0 Å². The van der Waals surface area contributed by atoms with E-state index in [1.807, 2.05) is 0 Å². The second kappa shape index (κ2) is 11.7. The highest BCUT2D eigenvalue weighted by molar-refractivity contribution is 4.85. The molecule has 1 aromatic rings. The summed E-state index contributed by atoms with van der Waals surface area (Å²) in [5.41, 5.74) is 5.43. The van der Waals surface area contributed by atoms with Gasteiger partial charge in [0.15, 0.2) is 5.82 Å². The molecule has 1 atom stereocenters. The number of rotatable bonds is 13. The predicted molar refractivity (Wildman–Crippen MR) is 85.0 cm³/mol. The van der Waals surface area contributed by atoms with Crippen LogP contribution in [0.4, 0.5) is 0 Å². The molecule has 0 fully saturated rings. The van der Waals surface area contributed by atoms with Gasteiger partial charge in [-0.15, -0.1) is 0 Å². The fourth-order valence-corrected chi connectivity index (χ4v) is 2.28. The van der Waals surface area contributed by atoms with Crippen molar-refractivity contribution >= 4 is 0 Å². The number of nitrogens with one attached hydrogen (secondary N) is 2. The molecule has 4 N–H and O–H groups in total. The summed E-state index contributed by atoms with van der Waals surface area (Å²) in [6.45, 7) is 7.95. The first-order chi connectivity index (χ1) is 10.3. The zero-order valence-electron chi connectivity index (χ0n) is 13.5. The summed E-state index contributed by atoms with van der Waals surface area (Å²) >= 11 is 0. The van der Waals surface area contributed by atoms with Gasteiger partial charge in [-0.2, -0.15) is 4.98 Å². The summed E-state index contributed by atoms with van der Waals surface area (Å²) in [5, 5.41) is 10.8. The molecule has 0 bridgehead atoms. The lowest BCUT2D eigenvalue weighted by Gasteiger charge is -2.15. The molecule has 0 saturated heterocycles. The second-order valence-corrected chi connectivity index (χ2v) is 5.36. The third-order valence-electron chi connectivity index (χ3n) is 3.53. The van der Waals surface area contributed by atoms with Crippen LogP contribution < -0.4 is 16.4 Å². The molecule has 0 aliphatic rings. The minimum atomic E-state index is 0.339. The van der Waals surface area contributed by atoms with Crippen molar-refractivity contribution in [1.29, 1.82) is 0 Å². The smallest absolute Gasteiger partial charge is 0.226 e. The molecule has 1 unspecified atom stereocenters. The molecule has 21 heavy (non-hydrogen) atoms. The predicted octanol–water partition coefficient (Wildman–Crippen LogP) is 1.61. The van der Waals surface area contributed by atoms with Gasteiger partial charge in [0, 0.05) is 12.5 Å². The standard InChI is InChI=1S/C15H31N5O/c1-3-7-13(4-2)18-11-6-10-17-9-5-8-15-19-14(12-16)20-21-15/h13,17-18H,3-12,16H2,1-2H3. The third-order valence-corrected chi connectivity index (χ3v) is 3.53. The molecule has 6 heteroatoms. The van der Waals surface area contributed by atoms with Crippen LogP contribution in [0.25, 0.3) is 0 Å². The molecule has 122 valence electrons. The number of aromatic nitrogens is 2. The fourth-order valence-electron chi connectivity index (χ4n) is 2.28. The number of hydrogen-bond donors (Lipinski definition) is 3. The number of aryl methyl sites for hydroxylation is 1. The SMILES string of the molecule is CCCC(CC)NCCCNCCCc1nc(CN)no1. The van der Waals surface area contributed by atoms with Gasteiger partial charge in [0.05, 0.1) is 6.54 Å². The van der Waals surface area contributed by atoms with Crippen LogP contribution >= 0.6 is 0 Å². The Balaban J connectivity index is 1.92. The molecule has 0 saturated carbocycles. The summed E-state index contributed by atoms with van der Waals surface area (Å²) in [5.74, 6) is 1.27. The minimum Gasteiger partial charge on any atom is -0.339 e. The molecule has 0 aromatic carbocycles. The molecule has 0 radical (unpaired) electrons. The van der Waals surface area contributed by atoms with Crippen molar-refractivity contribution in [2.24, 2.45) is 5.73 Å². The number of nitrogens with two attached hydrogens (primary N) is 1. The largest absolute Gasteiger partial charge is 0.339 e. The van der Waals surface area contributed by atoms with Crippen molar-refractivity contribution in [3.05, 3.63) is 11.7 Å². The summed E-state index contributed by atoms with van der Waals surface area (Å²) < 4.78 is 5.08. The number of nitrogens with zero attached hydrogens (tertiary/aromatic N) is 2. The topological polar surface area (TPSA) is 89.0 Å². The van der Waals surface area contributed by atoms with Crippen LogP contribution in [0.15, 0.2) is 4.52 Å². The fraction of sp³-hybridized carbons (Fsp3) is 0.867. The Morgan fingerprint density at radius 2 is 2.00 bits per heavy atom. The van der Waals surface area contributed by atoms with Crippen molar-refractivity contribution < 1.29 is 4.52 Å². The molecule has 6 nitrogen and oxygen atoms in total. The maximum atomic E-state index is 5.43. The van der Waals surface area contributed by atoms with E-state index in [-0.39, 0.29) is 0 Å². The maximum Gasteiger partial charge on any atom is 0.226 e. The van der Waals surface area contributed by atoms with Crippen molar-refractivity contribution in [2.75, 3.05) is 19.6 Å². The molecule has 1 aromatic heterocycles. The quantitative estimate of drug-likeness (QED) is 0.479. The van der Waals surface area contributed by atoms with Crippen LogP contribution in [0.2, 0.25) is 0 Å². The van der Waals surface area contributed by atoms with E-state index < -0.39 is 0 Å². The van der Waals surface area contributed by atoms with Gasteiger partial charge in [-0.3, -0.25) is 0 Å². The molecular weight excluding hydrogens is 266 g/mol. The van der Waals surface area contributed by atoms with Crippen molar-refractivity contribution in [1.82, 2.24) is 20.8 Å². The van der Waals surface area contributed by atoms with Crippen molar-refractivity contribution in [3.63, 3.8) is 0 Å². The van der Waals surface area contributed by atoms with E-state index in [1.165, 1.54) is 19.3 Å². The molecule has 1 heterocycles. The summed E-state index contributed by atoms with van der Waals surface area (Å²) in [6, 6.07) is 0.685. The third kappa shape index (κ3) is 8.14. The van der Waals surface area contributed by atoms with Crippen LogP contribution in [-0.4, -0.2) is 35.8 Å². The lowest BCUT2D eigenvalue weighted by atomic mass is 10.1. The van der Waals surface area contributed by atoms with Crippen LogP contribution in [-0.2, 0) is 13.0 Å². The Bertz CT molecular complexity index is 356. The second-order valence-electron chi connectivity index (χ2n) is 5.36. The Hall–Kier alpha value is -0.980. The zero-order chi connectivity index (χ0) is 15.3. The normalized spacial score (nSPS) is 12.7. The van der Waals surface area contributed by atoms with E-state index in [2.05, 4.69) is 34.6 Å². The van der Waals surface area contributed by atoms with Gasteiger partial charge < -0.3 is 20.9 Å². The summed E-state index contributed by atoms with van der Waals surface area (Å²) in [6.07, 6.45) is 6.73. The highest BCUT2D eigenvalue weighted by atomic mass is 16.5. The van der Waals surface area contributed by atoms with Crippen LogP contribution in [0.3, 0.4) is 0 Å².